The molecular formula is C32H40FNO4. The van der Waals surface area contributed by atoms with Crippen molar-refractivity contribution in [1.82, 2.24) is 5.32 Å². The summed E-state index contributed by atoms with van der Waals surface area (Å²) in [4.78, 5) is 24.6. The molecule has 5 nitrogen and oxygen atoms in total. The molecule has 4 bridgehead atoms. The van der Waals surface area contributed by atoms with Crippen molar-refractivity contribution in [3.63, 3.8) is 0 Å². The molecular weight excluding hydrogens is 481 g/mol. The van der Waals surface area contributed by atoms with Crippen LogP contribution in [0.15, 0.2) is 36.4 Å². The highest BCUT2D eigenvalue weighted by atomic mass is 19.1. The van der Waals surface area contributed by atoms with Crippen LogP contribution in [0.1, 0.15) is 92.3 Å². The zero-order valence-corrected chi connectivity index (χ0v) is 22.6. The molecule has 4 fully saturated rings. The van der Waals surface area contributed by atoms with Crippen LogP contribution in [0.4, 0.5) is 4.39 Å². The maximum absolute atomic E-state index is 14.8. The molecule has 0 aromatic heterocycles. The van der Waals surface area contributed by atoms with Gasteiger partial charge in [0.1, 0.15) is 11.6 Å². The fourth-order valence-electron chi connectivity index (χ4n) is 7.68. The first-order valence-electron chi connectivity index (χ1n) is 14.4. The van der Waals surface area contributed by atoms with Gasteiger partial charge < -0.3 is 15.2 Å². The van der Waals surface area contributed by atoms with Gasteiger partial charge in [0.05, 0.1) is 12.5 Å². The summed E-state index contributed by atoms with van der Waals surface area (Å²) in [6.45, 7) is 4.35. The van der Waals surface area contributed by atoms with Crippen LogP contribution in [-0.4, -0.2) is 23.6 Å². The van der Waals surface area contributed by atoms with E-state index in [0.717, 1.165) is 24.2 Å². The first-order chi connectivity index (χ1) is 18.3. The van der Waals surface area contributed by atoms with Gasteiger partial charge in [0.25, 0.3) is 5.91 Å². The summed E-state index contributed by atoms with van der Waals surface area (Å²) in [6, 6.07) is 11.2. The summed E-state index contributed by atoms with van der Waals surface area (Å²) in [5.74, 6) is 0.726. The number of carboxylic acid groups (broad SMARTS) is 1. The van der Waals surface area contributed by atoms with Crippen molar-refractivity contribution in [3.05, 3.63) is 64.5 Å². The van der Waals surface area contributed by atoms with E-state index in [2.05, 4.69) is 17.4 Å². The maximum atomic E-state index is 14.8. The molecule has 204 valence electrons. The van der Waals surface area contributed by atoms with Gasteiger partial charge in [0.2, 0.25) is 0 Å². The summed E-state index contributed by atoms with van der Waals surface area (Å²) >= 11 is 0. The minimum absolute atomic E-state index is 0.0957. The molecule has 1 atom stereocenters. The minimum Gasteiger partial charge on any atom is -0.493 e. The van der Waals surface area contributed by atoms with Crippen LogP contribution in [0.5, 0.6) is 5.75 Å². The Balaban J connectivity index is 1.29. The summed E-state index contributed by atoms with van der Waals surface area (Å²) in [5.41, 5.74) is 3.26. The zero-order valence-electron chi connectivity index (χ0n) is 22.6. The normalized spacial score (nSPS) is 26.2. The van der Waals surface area contributed by atoms with Gasteiger partial charge in [-0.25, -0.2) is 4.39 Å². The number of aliphatic carboxylic acids is 1. The Bertz CT molecular complexity index is 1140. The molecule has 0 radical (unpaired) electrons. The second-order valence-corrected chi connectivity index (χ2v) is 12.0. The molecule has 2 aromatic rings. The molecule has 1 unspecified atom stereocenters. The molecule has 6 rings (SSSR count). The number of nitrogens with one attached hydrogen (secondary N) is 1. The molecule has 1 amide bonds. The van der Waals surface area contributed by atoms with Gasteiger partial charge in [0.15, 0.2) is 0 Å². The van der Waals surface area contributed by atoms with Crippen LogP contribution in [-0.2, 0) is 23.2 Å². The summed E-state index contributed by atoms with van der Waals surface area (Å²) in [7, 11) is 0. The number of rotatable bonds is 11. The van der Waals surface area contributed by atoms with E-state index in [-0.39, 0.29) is 18.9 Å². The summed E-state index contributed by atoms with van der Waals surface area (Å²) in [6.07, 6.45) is 9.36. The third kappa shape index (κ3) is 5.45. The lowest BCUT2D eigenvalue weighted by Gasteiger charge is -2.57. The fraction of sp³-hybridized carbons (Fsp3) is 0.562. The van der Waals surface area contributed by atoms with Crippen molar-refractivity contribution >= 4 is 11.9 Å². The zero-order chi connectivity index (χ0) is 26.9. The molecule has 0 heterocycles. The van der Waals surface area contributed by atoms with Gasteiger partial charge in [-0.2, -0.15) is 0 Å². The summed E-state index contributed by atoms with van der Waals surface area (Å²) in [5, 5.41) is 12.4. The molecule has 38 heavy (non-hydrogen) atoms. The topological polar surface area (TPSA) is 75.6 Å². The van der Waals surface area contributed by atoms with E-state index in [1.165, 1.54) is 50.2 Å². The Kier molecular flexibility index (Phi) is 7.78. The van der Waals surface area contributed by atoms with E-state index in [4.69, 9.17) is 4.74 Å². The molecule has 2 N–H and O–H groups in total. The monoisotopic (exact) mass is 521 g/mol. The van der Waals surface area contributed by atoms with Crippen molar-refractivity contribution < 1.29 is 23.8 Å². The van der Waals surface area contributed by atoms with Crippen molar-refractivity contribution in [2.24, 2.45) is 23.7 Å². The van der Waals surface area contributed by atoms with Gasteiger partial charge >= 0.3 is 5.97 Å². The van der Waals surface area contributed by atoms with Crippen LogP contribution < -0.4 is 10.1 Å². The minimum atomic E-state index is -0.940. The number of ether oxygens (including phenoxy) is 1. The van der Waals surface area contributed by atoms with Crippen molar-refractivity contribution in [2.45, 2.75) is 83.6 Å². The highest BCUT2D eigenvalue weighted by molar-refractivity contribution is 5.94. The summed E-state index contributed by atoms with van der Waals surface area (Å²) < 4.78 is 20.6. The smallest absolute Gasteiger partial charge is 0.306 e. The lowest BCUT2D eigenvalue weighted by atomic mass is 9.48. The quantitative estimate of drug-likeness (QED) is 0.346. The van der Waals surface area contributed by atoms with Crippen LogP contribution in [0.25, 0.3) is 0 Å². The highest BCUT2D eigenvalue weighted by Gasteiger charge is 2.51. The van der Waals surface area contributed by atoms with Crippen LogP contribution in [0.3, 0.4) is 0 Å². The highest BCUT2D eigenvalue weighted by Crippen LogP contribution is 2.60. The van der Waals surface area contributed by atoms with Gasteiger partial charge in [0, 0.05) is 23.7 Å². The Morgan fingerprint density at radius 3 is 2.21 bits per heavy atom. The van der Waals surface area contributed by atoms with E-state index in [9.17, 15) is 19.1 Å². The number of amides is 1. The van der Waals surface area contributed by atoms with Crippen molar-refractivity contribution in [1.29, 1.82) is 0 Å². The second kappa shape index (κ2) is 11.1. The Morgan fingerprint density at radius 2 is 1.66 bits per heavy atom. The number of carbonyl (C=O) groups is 2. The number of benzene rings is 2. The lowest BCUT2D eigenvalue weighted by Crippen LogP contribution is -2.48. The predicted molar refractivity (Wildman–Crippen MR) is 145 cm³/mol. The molecule has 6 heteroatoms. The molecule has 2 aromatic carbocycles. The van der Waals surface area contributed by atoms with E-state index >= 15 is 0 Å². The standard InChI is InChI=1S/C32H40FNO4/c1-3-9-38-29-15-28(33)25(13-23(4-2)31(36)37)14-26(29)19-34-30(35)24-5-7-27(8-6-24)32-16-20-10-21(17-32)12-22(11-20)18-32/h5-8,14-15,20-23H,3-4,9-13,16-19H2,1-2H3,(H,34,35)(H,36,37). The third-order valence-corrected chi connectivity index (χ3v) is 9.24. The van der Waals surface area contributed by atoms with Gasteiger partial charge in [-0.15, -0.1) is 0 Å². The number of hydrogen-bond donors (Lipinski definition) is 2. The average Bonchev–Trinajstić information content (AvgIpc) is 2.89. The van der Waals surface area contributed by atoms with E-state index in [1.54, 1.807) is 13.0 Å². The van der Waals surface area contributed by atoms with Crippen LogP contribution in [0.2, 0.25) is 0 Å². The largest absolute Gasteiger partial charge is 0.493 e. The fourth-order valence-corrected chi connectivity index (χ4v) is 7.68. The first kappa shape index (κ1) is 26.7. The van der Waals surface area contributed by atoms with Crippen LogP contribution in [0, 0.1) is 29.5 Å². The van der Waals surface area contributed by atoms with E-state index in [0.29, 0.717) is 40.9 Å². The van der Waals surface area contributed by atoms with E-state index in [1.807, 2.05) is 19.1 Å². The number of hydrogen-bond acceptors (Lipinski definition) is 3. The SMILES string of the molecule is CCCOc1cc(F)c(CC(CC)C(=O)O)cc1CNC(=O)c1ccc(C23CC4CC(CC(C4)C2)C3)cc1. The predicted octanol–water partition coefficient (Wildman–Crippen LogP) is 6.67. The van der Waals surface area contributed by atoms with Crippen molar-refractivity contribution in [2.75, 3.05) is 6.61 Å². The molecule has 4 saturated carbocycles. The molecule has 0 aliphatic heterocycles. The number of carboxylic acids is 1. The first-order valence-corrected chi connectivity index (χ1v) is 14.4. The number of carbonyl (C=O) groups excluding carboxylic acids is 1. The molecule has 4 aliphatic rings. The Labute approximate surface area is 225 Å². The molecule has 0 saturated heterocycles. The third-order valence-electron chi connectivity index (χ3n) is 9.24. The van der Waals surface area contributed by atoms with E-state index < -0.39 is 17.7 Å². The van der Waals surface area contributed by atoms with Gasteiger partial charge in [-0.3, -0.25) is 9.59 Å². The lowest BCUT2D eigenvalue weighted by molar-refractivity contribution is -0.141. The van der Waals surface area contributed by atoms with Crippen LogP contribution >= 0.6 is 0 Å². The Hall–Kier alpha value is -2.89. The molecule has 0 spiro atoms. The van der Waals surface area contributed by atoms with Gasteiger partial charge in [-0.05, 0) is 110 Å². The molecule has 4 aliphatic carbocycles. The number of halogens is 1. The van der Waals surface area contributed by atoms with Crippen molar-refractivity contribution in [3.8, 4) is 5.75 Å². The Morgan fingerprint density at radius 1 is 1.03 bits per heavy atom. The van der Waals surface area contributed by atoms with Gasteiger partial charge in [-0.1, -0.05) is 26.0 Å². The second-order valence-electron chi connectivity index (χ2n) is 12.0. The maximum Gasteiger partial charge on any atom is 0.306 e. The average molecular weight is 522 g/mol.